The van der Waals surface area contributed by atoms with Gasteiger partial charge < -0.3 is 19.1 Å². The molecule has 0 spiro atoms. The summed E-state index contributed by atoms with van der Waals surface area (Å²) in [4.78, 5) is 21.5. The Morgan fingerprint density at radius 1 is 0.909 bits per heavy atom. The summed E-state index contributed by atoms with van der Waals surface area (Å²) in [7, 11) is 1.67. The lowest BCUT2D eigenvalue weighted by molar-refractivity contribution is -0.127. The molecule has 228 valence electrons. The minimum Gasteiger partial charge on any atom is -0.497 e. The predicted octanol–water partition coefficient (Wildman–Crippen LogP) is 7.48. The van der Waals surface area contributed by atoms with Gasteiger partial charge in [0, 0.05) is 56.3 Å². The van der Waals surface area contributed by atoms with Gasteiger partial charge in [0.15, 0.2) is 5.75 Å². The number of aromatic nitrogens is 1. The summed E-state index contributed by atoms with van der Waals surface area (Å²) in [5, 5.41) is 1.16. The molecule has 1 aromatic heterocycles. The first kappa shape index (κ1) is 31.4. The number of amides is 1. The van der Waals surface area contributed by atoms with Crippen molar-refractivity contribution in [1.29, 1.82) is 0 Å². The molecule has 1 fully saturated rings. The van der Waals surface area contributed by atoms with Gasteiger partial charge >= 0.3 is 0 Å². The number of halogens is 2. The lowest BCUT2D eigenvalue weighted by atomic mass is 10.1. The van der Waals surface area contributed by atoms with Crippen LogP contribution in [0.4, 0.5) is 0 Å². The first-order valence-corrected chi connectivity index (χ1v) is 15.3. The molecular formula is C35H35Cl2N3O4. The van der Waals surface area contributed by atoms with E-state index in [1.54, 1.807) is 37.6 Å². The molecule has 0 aliphatic carbocycles. The number of benzene rings is 3. The highest BCUT2D eigenvalue weighted by atomic mass is 35.5. The fraction of sp³-hybridized carbons (Fsp3) is 0.257. The molecule has 5 rings (SSSR count). The Morgan fingerprint density at radius 3 is 2.27 bits per heavy atom. The number of methoxy groups -OCH3 is 1. The van der Waals surface area contributed by atoms with Crippen LogP contribution in [0, 0.1) is 6.92 Å². The van der Waals surface area contributed by atoms with E-state index in [9.17, 15) is 4.79 Å². The normalized spacial score (nSPS) is 13.7. The molecule has 0 bridgehead atoms. The molecule has 0 saturated carbocycles. The average Bonchev–Trinajstić information content (AvgIpc) is 3.04. The van der Waals surface area contributed by atoms with E-state index in [-0.39, 0.29) is 5.91 Å². The van der Waals surface area contributed by atoms with Gasteiger partial charge in [-0.3, -0.25) is 9.69 Å². The first-order chi connectivity index (χ1) is 21.4. The van der Waals surface area contributed by atoms with Crippen LogP contribution in [0.2, 0.25) is 10.0 Å². The summed E-state index contributed by atoms with van der Waals surface area (Å²) < 4.78 is 17.0. The molecule has 0 N–H and O–H groups in total. The molecule has 3 aromatic carbocycles. The average molecular weight is 633 g/mol. The van der Waals surface area contributed by atoms with Crippen molar-refractivity contribution in [3.63, 3.8) is 0 Å². The molecule has 0 atom stereocenters. The number of hydrogen-bond acceptors (Lipinski definition) is 6. The van der Waals surface area contributed by atoms with E-state index < -0.39 is 0 Å². The summed E-state index contributed by atoms with van der Waals surface area (Å²) in [6.07, 6.45) is 5.79. The van der Waals surface area contributed by atoms with E-state index in [2.05, 4.69) is 22.0 Å². The lowest BCUT2D eigenvalue weighted by Crippen LogP contribution is -2.47. The van der Waals surface area contributed by atoms with Crippen molar-refractivity contribution in [2.45, 2.75) is 19.9 Å². The van der Waals surface area contributed by atoms with Crippen molar-refractivity contribution in [2.24, 2.45) is 0 Å². The molecule has 0 unspecified atom stereocenters. The van der Waals surface area contributed by atoms with Crippen LogP contribution in [0.5, 0.6) is 23.1 Å². The number of carbonyl (C=O) groups is 1. The van der Waals surface area contributed by atoms with Crippen molar-refractivity contribution in [3.8, 4) is 23.1 Å². The van der Waals surface area contributed by atoms with Gasteiger partial charge in [0.2, 0.25) is 11.8 Å². The highest BCUT2D eigenvalue weighted by Gasteiger charge is 2.20. The topological polar surface area (TPSA) is 64.1 Å². The summed E-state index contributed by atoms with van der Waals surface area (Å²) in [5.41, 5.74) is 4.04. The third-order valence-electron chi connectivity index (χ3n) is 7.41. The highest BCUT2D eigenvalue weighted by Crippen LogP contribution is 2.34. The number of rotatable bonds is 11. The van der Waals surface area contributed by atoms with Gasteiger partial charge in [-0.15, -0.1) is 0 Å². The Labute approximate surface area is 268 Å². The van der Waals surface area contributed by atoms with Crippen molar-refractivity contribution >= 4 is 35.2 Å². The van der Waals surface area contributed by atoms with Crippen LogP contribution in [-0.2, 0) is 17.8 Å². The summed E-state index contributed by atoms with van der Waals surface area (Å²) in [5.74, 6) is 2.42. The molecule has 2 heterocycles. The van der Waals surface area contributed by atoms with Crippen molar-refractivity contribution in [1.82, 2.24) is 14.8 Å². The van der Waals surface area contributed by atoms with E-state index >= 15 is 0 Å². The maximum absolute atomic E-state index is 12.9. The molecule has 9 heteroatoms. The van der Waals surface area contributed by atoms with Gasteiger partial charge in [-0.25, -0.2) is 4.98 Å². The quantitative estimate of drug-likeness (QED) is 0.160. The number of nitrogens with zero attached hydrogens (tertiary/aromatic N) is 3. The van der Waals surface area contributed by atoms with Crippen LogP contribution >= 0.6 is 23.2 Å². The Morgan fingerprint density at radius 2 is 1.61 bits per heavy atom. The zero-order valence-electron chi connectivity index (χ0n) is 24.8. The molecule has 4 aromatic rings. The number of pyridine rings is 1. The molecule has 1 saturated heterocycles. The summed E-state index contributed by atoms with van der Waals surface area (Å²) in [6.45, 7) is 6.31. The molecule has 1 aliphatic heterocycles. The Kier molecular flexibility index (Phi) is 10.8. The van der Waals surface area contributed by atoms with Crippen LogP contribution in [0.15, 0.2) is 85.1 Å². The first-order valence-electron chi connectivity index (χ1n) is 14.5. The lowest BCUT2D eigenvalue weighted by Gasteiger charge is -2.34. The van der Waals surface area contributed by atoms with Crippen LogP contribution in [0.25, 0.3) is 6.08 Å². The van der Waals surface area contributed by atoms with E-state index in [0.29, 0.717) is 47.1 Å². The van der Waals surface area contributed by atoms with Crippen molar-refractivity contribution in [2.75, 3.05) is 39.9 Å². The van der Waals surface area contributed by atoms with Gasteiger partial charge in [-0.05, 0) is 77.7 Å². The minimum absolute atomic E-state index is 0.0112. The van der Waals surface area contributed by atoms with Crippen LogP contribution in [0.1, 0.15) is 22.3 Å². The van der Waals surface area contributed by atoms with Crippen LogP contribution in [-0.4, -0.2) is 60.6 Å². The van der Waals surface area contributed by atoms with Gasteiger partial charge in [0.05, 0.1) is 24.9 Å². The second kappa shape index (κ2) is 15.1. The molecule has 1 amide bonds. The summed E-state index contributed by atoms with van der Waals surface area (Å²) >= 11 is 12.5. The number of ether oxygens (including phenoxy) is 3. The zero-order chi connectivity index (χ0) is 30.9. The Balaban J connectivity index is 1.09. The number of piperazine rings is 1. The molecule has 0 radical (unpaired) electrons. The minimum atomic E-state index is -0.0112. The Bertz CT molecular complexity index is 1540. The van der Waals surface area contributed by atoms with Crippen molar-refractivity contribution < 1.29 is 19.0 Å². The smallest absolute Gasteiger partial charge is 0.246 e. The molecule has 44 heavy (non-hydrogen) atoms. The highest BCUT2D eigenvalue weighted by molar-refractivity contribution is 6.32. The SMILES string of the molecule is COc1ccc(CN2CCN(C(=O)C=Cc3cc(C)c(Oc4ccc(OCCc5ccc(Cl)cc5)cn4)c(Cl)c3)CC2)cc1. The maximum atomic E-state index is 12.9. The third-order valence-corrected chi connectivity index (χ3v) is 7.94. The van der Waals surface area contributed by atoms with E-state index in [4.69, 9.17) is 37.4 Å². The monoisotopic (exact) mass is 631 g/mol. The zero-order valence-corrected chi connectivity index (χ0v) is 26.4. The Hall–Kier alpha value is -4.04. The molecule has 1 aliphatic rings. The fourth-order valence-electron chi connectivity index (χ4n) is 4.93. The standard InChI is InChI=1S/C35H35Cl2N3O4/c1-25-21-28(7-14-34(41)40-18-16-39(17-19-40)24-27-5-10-30(42-2)11-6-27)22-32(37)35(25)44-33-13-12-31(23-38-33)43-20-15-26-3-8-29(36)9-4-26/h3-14,21-23H,15-20,24H2,1-2H3. The number of hydrogen-bond donors (Lipinski definition) is 0. The largest absolute Gasteiger partial charge is 0.497 e. The van der Waals surface area contributed by atoms with Crippen molar-refractivity contribution in [3.05, 3.63) is 117 Å². The van der Waals surface area contributed by atoms with E-state index in [1.165, 1.54) is 5.56 Å². The second-order valence-corrected chi connectivity index (χ2v) is 11.4. The predicted molar refractivity (Wildman–Crippen MR) is 175 cm³/mol. The van der Waals surface area contributed by atoms with Gasteiger partial charge in [-0.1, -0.05) is 47.5 Å². The summed E-state index contributed by atoms with van der Waals surface area (Å²) in [6, 6.07) is 23.1. The number of aryl methyl sites for hydroxylation is 1. The van der Waals surface area contributed by atoms with Gasteiger partial charge in [0.25, 0.3) is 0 Å². The van der Waals surface area contributed by atoms with Crippen LogP contribution in [0.3, 0.4) is 0 Å². The number of carbonyl (C=O) groups excluding carboxylic acids is 1. The van der Waals surface area contributed by atoms with E-state index in [1.807, 2.05) is 60.4 Å². The third kappa shape index (κ3) is 8.76. The van der Waals surface area contributed by atoms with Crippen LogP contribution < -0.4 is 14.2 Å². The van der Waals surface area contributed by atoms with E-state index in [0.717, 1.165) is 48.5 Å². The van der Waals surface area contributed by atoms with Gasteiger partial charge in [0.1, 0.15) is 11.5 Å². The van der Waals surface area contributed by atoms with Gasteiger partial charge in [-0.2, -0.15) is 0 Å². The maximum Gasteiger partial charge on any atom is 0.246 e. The molecule has 7 nitrogen and oxygen atoms in total. The fourth-order valence-corrected chi connectivity index (χ4v) is 5.37. The second-order valence-electron chi connectivity index (χ2n) is 10.6. The molecular weight excluding hydrogens is 597 g/mol.